The zero-order chi connectivity index (χ0) is 24.3. The Morgan fingerprint density at radius 3 is 2.32 bits per heavy atom. The lowest BCUT2D eigenvalue weighted by molar-refractivity contribution is -0.132. The van der Waals surface area contributed by atoms with E-state index in [9.17, 15) is 9.59 Å². The molecule has 2 aliphatic rings. The Morgan fingerprint density at radius 2 is 1.65 bits per heavy atom. The molecule has 7 nitrogen and oxygen atoms in total. The van der Waals surface area contributed by atoms with Crippen LogP contribution >= 0.6 is 0 Å². The smallest absolute Gasteiger partial charge is 0.255 e. The number of carbonyl (C=O) groups is 2. The number of hydrogen-bond donors (Lipinski definition) is 1. The molecule has 0 saturated carbocycles. The van der Waals surface area contributed by atoms with Crippen molar-refractivity contribution in [3.8, 4) is 11.5 Å². The Morgan fingerprint density at radius 1 is 0.971 bits per heavy atom. The number of hydrogen-bond acceptors (Lipinski definition) is 5. The van der Waals surface area contributed by atoms with E-state index in [1.54, 1.807) is 18.2 Å². The van der Waals surface area contributed by atoms with E-state index in [0.29, 0.717) is 29.4 Å². The van der Waals surface area contributed by atoms with Gasteiger partial charge in [0.25, 0.3) is 5.91 Å². The number of benzene rings is 2. The molecular weight excluding hydrogens is 430 g/mol. The molecule has 1 atom stereocenters. The summed E-state index contributed by atoms with van der Waals surface area (Å²) < 4.78 is 10.6. The third-order valence-corrected chi connectivity index (χ3v) is 6.24. The number of ether oxygens (including phenoxy) is 2. The Labute approximate surface area is 202 Å². The average molecular weight is 466 g/mol. The number of rotatable bonds is 6. The molecule has 2 aromatic carbocycles. The summed E-state index contributed by atoms with van der Waals surface area (Å²) >= 11 is 0. The van der Waals surface area contributed by atoms with Gasteiger partial charge in [-0.05, 0) is 60.2 Å². The van der Waals surface area contributed by atoms with Crippen LogP contribution in [0.5, 0.6) is 11.5 Å². The summed E-state index contributed by atoms with van der Waals surface area (Å²) in [6.07, 6.45) is 1.67. The Balaban J connectivity index is 1.27. The predicted octanol–water partition coefficient (Wildman–Crippen LogP) is 4.78. The summed E-state index contributed by atoms with van der Waals surface area (Å²) in [6.45, 7) is 12.1. The summed E-state index contributed by atoms with van der Waals surface area (Å²) in [5.41, 5.74) is 2.59. The number of anilines is 2. The zero-order valence-corrected chi connectivity index (χ0v) is 20.6. The fourth-order valence-corrected chi connectivity index (χ4v) is 4.76. The molecule has 0 radical (unpaired) electrons. The second kappa shape index (κ2) is 9.95. The second-order valence-corrected chi connectivity index (χ2v) is 10.5. The molecular formula is C27H35N3O4. The van der Waals surface area contributed by atoms with Gasteiger partial charge in [0, 0.05) is 49.5 Å². The average Bonchev–Trinajstić information content (AvgIpc) is 3.26. The number of amides is 2. The molecule has 0 aliphatic carbocycles. The molecule has 0 aromatic heterocycles. The SMILES string of the molecule is CC(CC(=O)N1CCN(c2ccc(NC(=O)c3ccc4c(c3)OCO4)cc2)CC1)CC(C)(C)C. The highest BCUT2D eigenvalue weighted by Crippen LogP contribution is 2.33. The molecule has 7 heteroatoms. The van der Waals surface area contributed by atoms with E-state index >= 15 is 0 Å². The minimum atomic E-state index is -0.195. The molecule has 1 fully saturated rings. The monoisotopic (exact) mass is 465 g/mol. The van der Waals surface area contributed by atoms with E-state index in [1.165, 1.54) is 0 Å². The number of fused-ring (bicyclic) bond motifs is 1. The van der Waals surface area contributed by atoms with E-state index in [-0.39, 0.29) is 24.0 Å². The molecule has 2 amide bonds. The van der Waals surface area contributed by atoms with Gasteiger partial charge in [-0.1, -0.05) is 27.7 Å². The van der Waals surface area contributed by atoms with Crippen molar-refractivity contribution in [1.29, 1.82) is 0 Å². The summed E-state index contributed by atoms with van der Waals surface area (Å²) in [4.78, 5) is 29.6. The van der Waals surface area contributed by atoms with Crippen LogP contribution in [0.25, 0.3) is 0 Å². The maximum absolute atomic E-state index is 12.7. The summed E-state index contributed by atoms with van der Waals surface area (Å²) in [6, 6.07) is 13.0. The van der Waals surface area contributed by atoms with Crippen molar-refractivity contribution in [2.75, 3.05) is 43.2 Å². The second-order valence-electron chi connectivity index (χ2n) is 10.5. The van der Waals surface area contributed by atoms with Crippen LogP contribution in [0, 0.1) is 11.3 Å². The van der Waals surface area contributed by atoms with Crippen molar-refractivity contribution in [3.05, 3.63) is 48.0 Å². The van der Waals surface area contributed by atoms with Crippen LogP contribution in [-0.2, 0) is 4.79 Å². The van der Waals surface area contributed by atoms with Crippen molar-refractivity contribution in [3.63, 3.8) is 0 Å². The van der Waals surface area contributed by atoms with E-state index < -0.39 is 0 Å². The summed E-state index contributed by atoms with van der Waals surface area (Å²) in [5, 5.41) is 2.93. The first kappa shape index (κ1) is 23.9. The van der Waals surface area contributed by atoms with Crippen LogP contribution < -0.4 is 19.7 Å². The lowest BCUT2D eigenvalue weighted by Crippen LogP contribution is -2.49. The number of piperazine rings is 1. The molecule has 4 rings (SSSR count). The third-order valence-electron chi connectivity index (χ3n) is 6.24. The summed E-state index contributed by atoms with van der Waals surface area (Å²) in [7, 11) is 0. The molecule has 2 heterocycles. The first-order valence-corrected chi connectivity index (χ1v) is 12.0. The minimum Gasteiger partial charge on any atom is -0.454 e. The number of nitrogens with zero attached hydrogens (tertiary/aromatic N) is 2. The molecule has 2 aliphatic heterocycles. The van der Waals surface area contributed by atoms with Gasteiger partial charge >= 0.3 is 0 Å². The summed E-state index contributed by atoms with van der Waals surface area (Å²) in [5.74, 6) is 1.70. The minimum absolute atomic E-state index is 0.181. The van der Waals surface area contributed by atoms with Crippen molar-refractivity contribution >= 4 is 23.2 Å². The van der Waals surface area contributed by atoms with Crippen LogP contribution in [0.15, 0.2) is 42.5 Å². The van der Waals surface area contributed by atoms with Crippen LogP contribution in [0.1, 0.15) is 50.9 Å². The highest BCUT2D eigenvalue weighted by atomic mass is 16.7. The molecule has 2 aromatic rings. The maximum Gasteiger partial charge on any atom is 0.255 e. The predicted molar refractivity (Wildman–Crippen MR) is 134 cm³/mol. The molecule has 0 bridgehead atoms. The van der Waals surface area contributed by atoms with E-state index in [4.69, 9.17) is 9.47 Å². The fraction of sp³-hybridized carbons (Fsp3) is 0.481. The highest BCUT2D eigenvalue weighted by molar-refractivity contribution is 6.04. The van der Waals surface area contributed by atoms with E-state index in [2.05, 4.69) is 37.9 Å². The van der Waals surface area contributed by atoms with Crippen LogP contribution in [0.2, 0.25) is 0 Å². The highest BCUT2D eigenvalue weighted by Gasteiger charge is 2.24. The molecule has 1 saturated heterocycles. The van der Waals surface area contributed by atoms with Gasteiger partial charge in [-0.15, -0.1) is 0 Å². The van der Waals surface area contributed by atoms with Crippen LogP contribution in [0.4, 0.5) is 11.4 Å². The quantitative estimate of drug-likeness (QED) is 0.665. The molecule has 1 N–H and O–H groups in total. The topological polar surface area (TPSA) is 71.1 Å². The van der Waals surface area contributed by atoms with Gasteiger partial charge in [0.05, 0.1) is 0 Å². The first-order valence-electron chi connectivity index (χ1n) is 12.0. The lowest BCUT2D eigenvalue weighted by Gasteiger charge is -2.37. The number of carbonyl (C=O) groups excluding carboxylic acids is 2. The fourth-order valence-electron chi connectivity index (χ4n) is 4.76. The third kappa shape index (κ3) is 6.01. The Bertz CT molecular complexity index is 1020. The van der Waals surface area contributed by atoms with Gasteiger partial charge in [0.15, 0.2) is 11.5 Å². The van der Waals surface area contributed by atoms with Gasteiger partial charge in [-0.25, -0.2) is 0 Å². The molecule has 0 spiro atoms. The van der Waals surface area contributed by atoms with Crippen molar-refractivity contribution in [2.45, 2.75) is 40.5 Å². The van der Waals surface area contributed by atoms with Crippen LogP contribution in [0.3, 0.4) is 0 Å². The number of nitrogens with one attached hydrogen (secondary N) is 1. The van der Waals surface area contributed by atoms with Gasteiger partial charge in [-0.2, -0.15) is 0 Å². The standard InChI is InChI=1S/C27H35N3O4/c1-19(17-27(2,3)4)15-25(31)30-13-11-29(12-14-30)22-8-6-21(7-9-22)28-26(32)20-5-10-23-24(16-20)34-18-33-23/h5-10,16,19H,11-15,17-18H2,1-4H3,(H,28,32). The molecule has 34 heavy (non-hydrogen) atoms. The van der Waals surface area contributed by atoms with Gasteiger partial charge < -0.3 is 24.6 Å². The van der Waals surface area contributed by atoms with Gasteiger partial charge in [-0.3, -0.25) is 9.59 Å². The Hall–Kier alpha value is -3.22. The first-order chi connectivity index (χ1) is 16.2. The zero-order valence-electron chi connectivity index (χ0n) is 20.6. The van der Waals surface area contributed by atoms with E-state index in [1.807, 2.05) is 29.2 Å². The van der Waals surface area contributed by atoms with Crippen molar-refractivity contribution in [2.24, 2.45) is 11.3 Å². The Kier molecular flexibility index (Phi) is 7.00. The van der Waals surface area contributed by atoms with Crippen LogP contribution in [-0.4, -0.2) is 49.7 Å². The normalized spacial score (nSPS) is 16.4. The lowest BCUT2D eigenvalue weighted by atomic mass is 9.84. The largest absolute Gasteiger partial charge is 0.454 e. The molecule has 182 valence electrons. The van der Waals surface area contributed by atoms with Crippen molar-refractivity contribution < 1.29 is 19.1 Å². The van der Waals surface area contributed by atoms with Gasteiger partial charge in [0.1, 0.15) is 0 Å². The van der Waals surface area contributed by atoms with Gasteiger partial charge in [0.2, 0.25) is 12.7 Å². The maximum atomic E-state index is 12.7. The molecule has 1 unspecified atom stereocenters. The van der Waals surface area contributed by atoms with E-state index in [0.717, 1.165) is 44.0 Å². The van der Waals surface area contributed by atoms with Crippen molar-refractivity contribution in [1.82, 2.24) is 4.90 Å².